The smallest absolute Gasteiger partial charge is 0.305 e. The molecule has 0 aliphatic carbocycles. The summed E-state index contributed by atoms with van der Waals surface area (Å²) in [4.78, 5) is 24.6. The Kier molecular flexibility index (Phi) is 64.5. The van der Waals surface area contributed by atoms with Gasteiger partial charge < -0.3 is 20.3 Å². The fourth-order valence-electron chi connectivity index (χ4n) is 10.6. The van der Waals surface area contributed by atoms with Gasteiger partial charge in [-0.25, -0.2) is 0 Å². The van der Waals surface area contributed by atoms with E-state index in [1.54, 1.807) is 6.08 Å². The summed E-state index contributed by atoms with van der Waals surface area (Å²) in [5.41, 5.74) is 0. The minimum Gasteiger partial charge on any atom is -0.465 e. The fraction of sp³-hybridized carbons (Fsp3) is 0.859. The van der Waals surface area contributed by atoms with Crippen molar-refractivity contribution >= 4 is 11.9 Å². The number of ether oxygens (including phenoxy) is 1. The van der Waals surface area contributed by atoms with Gasteiger partial charge in [-0.1, -0.05) is 326 Å². The zero-order valence-electron chi connectivity index (χ0n) is 51.7. The van der Waals surface area contributed by atoms with Gasteiger partial charge in [0.15, 0.2) is 0 Å². The number of allylic oxidation sites excluding steroid dienone is 6. The first kappa shape index (κ1) is 74.8. The molecule has 3 N–H and O–H groups in total. The van der Waals surface area contributed by atoms with Gasteiger partial charge in [-0.15, -0.1) is 0 Å². The summed E-state index contributed by atoms with van der Waals surface area (Å²) in [7, 11) is 0. The second-order valence-electron chi connectivity index (χ2n) is 23.5. The summed E-state index contributed by atoms with van der Waals surface area (Å²) >= 11 is 0. The van der Waals surface area contributed by atoms with E-state index in [0.29, 0.717) is 19.4 Å². The normalized spacial score (nSPS) is 12.8. The summed E-state index contributed by atoms with van der Waals surface area (Å²) in [5.74, 6) is -0.106. The van der Waals surface area contributed by atoms with Crippen LogP contribution in [0.4, 0.5) is 0 Å². The molecule has 0 fully saturated rings. The summed E-state index contributed by atoms with van der Waals surface area (Å²) in [6, 6.07) is -0.634. The molecule has 0 aromatic carbocycles. The number of hydrogen-bond donors (Lipinski definition) is 3. The molecule has 0 radical (unpaired) electrons. The maximum atomic E-state index is 12.5. The van der Waals surface area contributed by atoms with Crippen molar-refractivity contribution in [3.8, 4) is 0 Å². The SMILES string of the molecule is CCCCCCCC/C=C\CCCCCCCCCCCC(=O)OCC/C=C\C/C=C\CCCCCCCCCCCCCCCCC(=O)NC(CO)C(O)/C=C/CCCCCCCCCCCCCCCCCCCC. The lowest BCUT2D eigenvalue weighted by Crippen LogP contribution is -2.45. The summed E-state index contributed by atoms with van der Waals surface area (Å²) < 4.78 is 5.44. The van der Waals surface area contributed by atoms with Crippen molar-refractivity contribution in [3.05, 3.63) is 48.6 Å². The number of rotatable bonds is 64. The topological polar surface area (TPSA) is 95.9 Å². The van der Waals surface area contributed by atoms with E-state index in [1.165, 1.54) is 289 Å². The number of carbonyl (C=O) groups excluding carboxylic acids is 2. The fourth-order valence-corrected chi connectivity index (χ4v) is 10.6. The molecule has 452 valence electrons. The van der Waals surface area contributed by atoms with Gasteiger partial charge in [-0.3, -0.25) is 9.59 Å². The molecular weight excluding hydrogens is 947 g/mol. The molecule has 0 saturated carbocycles. The van der Waals surface area contributed by atoms with Crippen molar-refractivity contribution in [2.75, 3.05) is 13.2 Å². The van der Waals surface area contributed by atoms with E-state index < -0.39 is 12.1 Å². The lowest BCUT2D eigenvalue weighted by Gasteiger charge is -2.20. The molecule has 0 aliphatic heterocycles. The Morgan fingerprint density at radius 1 is 0.364 bits per heavy atom. The number of esters is 1. The minimum absolute atomic E-state index is 0.0360. The van der Waals surface area contributed by atoms with Crippen LogP contribution in [0.1, 0.15) is 367 Å². The molecule has 0 aromatic rings. The number of amides is 1. The average Bonchev–Trinajstić information content (AvgIpc) is 3.43. The van der Waals surface area contributed by atoms with Crippen LogP contribution in [0.3, 0.4) is 0 Å². The monoisotopic (exact) mass is 1080 g/mol. The van der Waals surface area contributed by atoms with Gasteiger partial charge in [-0.05, 0) is 77.0 Å². The Labute approximate surface area is 480 Å². The zero-order valence-corrected chi connectivity index (χ0v) is 51.7. The van der Waals surface area contributed by atoms with Gasteiger partial charge in [0, 0.05) is 12.8 Å². The molecule has 0 spiro atoms. The van der Waals surface area contributed by atoms with Gasteiger partial charge in [0.2, 0.25) is 5.91 Å². The van der Waals surface area contributed by atoms with E-state index >= 15 is 0 Å². The molecule has 77 heavy (non-hydrogen) atoms. The first-order valence-corrected chi connectivity index (χ1v) is 34.4. The standard InChI is InChI=1S/C71H133NO5/c1-3-5-7-9-11-13-15-17-19-21-23-28-31-35-39-43-47-51-55-59-63-69(74)68(67-73)72-70(75)64-60-56-52-48-44-40-36-32-29-25-24-26-30-34-38-42-46-50-54-58-62-66-77-71(76)65-61-57-53-49-45-41-37-33-27-22-20-18-16-14-12-10-8-6-4-2/h18,20,42,46,54,58-59,63,68-69,73-74H,3-17,19,21-41,43-45,47-53,55-57,60-62,64-67H2,1-2H3,(H,72,75)/b20-18-,46-42-,58-54-,63-59+. The Morgan fingerprint density at radius 3 is 1.00 bits per heavy atom. The highest BCUT2D eigenvalue weighted by Crippen LogP contribution is 2.18. The number of aliphatic hydroxyl groups is 2. The second-order valence-corrected chi connectivity index (χ2v) is 23.5. The van der Waals surface area contributed by atoms with Crippen LogP contribution in [-0.4, -0.2) is 47.4 Å². The lowest BCUT2D eigenvalue weighted by atomic mass is 10.0. The molecule has 6 heteroatoms. The molecular formula is C71H133NO5. The van der Waals surface area contributed by atoms with E-state index in [0.717, 1.165) is 51.4 Å². The third kappa shape index (κ3) is 62.9. The van der Waals surface area contributed by atoms with E-state index in [1.807, 2.05) is 6.08 Å². The molecule has 0 aliphatic rings. The van der Waals surface area contributed by atoms with Crippen molar-refractivity contribution in [1.82, 2.24) is 5.32 Å². The van der Waals surface area contributed by atoms with Gasteiger partial charge >= 0.3 is 5.97 Å². The Hall–Kier alpha value is -2.18. The van der Waals surface area contributed by atoms with Gasteiger partial charge in [0.05, 0.1) is 25.4 Å². The Bertz CT molecular complexity index is 1290. The van der Waals surface area contributed by atoms with Crippen molar-refractivity contribution < 1.29 is 24.5 Å². The van der Waals surface area contributed by atoms with Crippen LogP contribution in [0, 0.1) is 0 Å². The largest absolute Gasteiger partial charge is 0.465 e. The quantitative estimate of drug-likeness (QED) is 0.0320. The van der Waals surface area contributed by atoms with Crippen LogP contribution in [0.15, 0.2) is 48.6 Å². The first-order valence-electron chi connectivity index (χ1n) is 34.4. The molecule has 6 nitrogen and oxygen atoms in total. The van der Waals surface area contributed by atoms with E-state index in [9.17, 15) is 19.8 Å². The van der Waals surface area contributed by atoms with E-state index in [2.05, 4.69) is 55.6 Å². The highest BCUT2D eigenvalue weighted by Gasteiger charge is 2.18. The highest BCUT2D eigenvalue weighted by molar-refractivity contribution is 5.76. The molecule has 0 bridgehead atoms. The van der Waals surface area contributed by atoms with Crippen molar-refractivity contribution in [1.29, 1.82) is 0 Å². The van der Waals surface area contributed by atoms with Gasteiger partial charge in [0.1, 0.15) is 0 Å². The number of unbranched alkanes of at least 4 members (excludes halogenated alkanes) is 47. The molecule has 2 atom stereocenters. The number of hydrogen-bond acceptors (Lipinski definition) is 5. The lowest BCUT2D eigenvalue weighted by molar-refractivity contribution is -0.143. The van der Waals surface area contributed by atoms with Crippen LogP contribution in [0.5, 0.6) is 0 Å². The predicted molar refractivity (Wildman–Crippen MR) is 338 cm³/mol. The average molecular weight is 1080 g/mol. The Morgan fingerprint density at radius 2 is 0.649 bits per heavy atom. The highest BCUT2D eigenvalue weighted by atomic mass is 16.5. The Balaban J connectivity index is 3.47. The third-order valence-electron chi connectivity index (χ3n) is 15.8. The molecule has 0 heterocycles. The molecule has 0 saturated heterocycles. The van der Waals surface area contributed by atoms with Crippen molar-refractivity contribution in [2.24, 2.45) is 0 Å². The van der Waals surface area contributed by atoms with Crippen molar-refractivity contribution in [2.45, 2.75) is 379 Å². The second kappa shape index (κ2) is 66.3. The summed E-state index contributed by atoms with van der Waals surface area (Å²) in [6.07, 6.45) is 86.2. The van der Waals surface area contributed by atoms with Crippen LogP contribution in [0.25, 0.3) is 0 Å². The number of carbonyl (C=O) groups is 2. The van der Waals surface area contributed by atoms with Crippen molar-refractivity contribution in [3.63, 3.8) is 0 Å². The summed E-state index contributed by atoms with van der Waals surface area (Å²) in [5, 5.41) is 23.2. The summed E-state index contributed by atoms with van der Waals surface area (Å²) in [6.45, 7) is 4.82. The minimum atomic E-state index is -0.850. The third-order valence-corrected chi connectivity index (χ3v) is 15.8. The van der Waals surface area contributed by atoms with Crippen LogP contribution < -0.4 is 5.32 Å². The van der Waals surface area contributed by atoms with Crippen LogP contribution in [0.2, 0.25) is 0 Å². The van der Waals surface area contributed by atoms with E-state index in [4.69, 9.17) is 4.74 Å². The van der Waals surface area contributed by atoms with E-state index in [-0.39, 0.29) is 18.5 Å². The zero-order chi connectivity index (χ0) is 55.7. The van der Waals surface area contributed by atoms with Gasteiger partial charge in [0.25, 0.3) is 0 Å². The maximum absolute atomic E-state index is 12.5. The molecule has 0 rings (SSSR count). The number of aliphatic hydroxyl groups excluding tert-OH is 2. The molecule has 2 unspecified atom stereocenters. The molecule has 0 aromatic heterocycles. The number of nitrogens with one attached hydrogen (secondary N) is 1. The van der Waals surface area contributed by atoms with Gasteiger partial charge in [-0.2, -0.15) is 0 Å². The van der Waals surface area contributed by atoms with Crippen LogP contribution >= 0.6 is 0 Å². The first-order chi connectivity index (χ1) is 38.0. The molecule has 1 amide bonds. The van der Waals surface area contributed by atoms with Crippen LogP contribution in [-0.2, 0) is 14.3 Å². The predicted octanol–water partition coefficient (Wildman–Crippen LogP) is 22.1. The maximum Gasteiger partial charge on any atom is 0.305 e.